The van der Waals surface area contributed by atoms with Crippen LogP contribution in [0.1, 0.15) is 12.8 Å². The minimum atomic E-state index is -0.456. The van der Waals surface area contributed by atoms with Crippen LogP contribution in [0.25, 0.3) is 21.3 Å². The number of para-hydroxylation sites is 1. The molecule has 1 aliphatic rings. The predicted octanol–water partition coefficient (Wildman–Crippen LogP) is 4.48. The monoisotopic (exact) mass is 479 g/mol. The third-order valence-electron chi connectivity index (χ3n) is 5.64. The van der Waals surface area contributed by atoms with Crippen LogP contribution in [0.5, 0.6) is 0 Å². The molecule has 1 aliphatic carbocycles. The van der Waals surface area contributed by atoms with Crippen molar-refractivity contribution in [1.82, 2.24) is 20.0 Å². The van der Waals surface area contributed by atoms with E-state index in [4.69, 9.17) is 4.74 Å². The summed E-state index contributed by atoms with van der Waals surface area (Å²) >= 11 is 3.15. The highest BCUT2D eigenvalue weighted by atomic mass is 32.2. The van der Waals surface area contributed by atoms with Crippen molar-refractivity contribution in [1.29, 1.82) is 0 Å². The molecular formula is C23H21N5O3S2. The van der Waals surface area contributed by atoms with E-state index < -0.39 is 11.8 Å². The number of ether oxygens (including phenoxy) is 1. The van der Waals surface area contributed by atoms with Gasteiger partial charge >= 0.3 is 5.97 Å². The van der Waals surface area contributed by atoms with Crippen molar-refractivity contribution in [3.8, 4) is 0 Å². The lowest BCUT2D eigenvalue weighted by Crippen LogP contribution is -2.35. The number of nitrogens with zero attached hydrogens (tertiary/aromatic N) is 4. The Hall–Kier alpha value is -3.24. The Bertz CT molecular complexity index is 1360. The van der Waals surface area contributed by atoms with Crippen molar-refractivity contribution < 1.29 is 14.3 Å². The number of anilines is 1. The van der Waals surface area contributed by atoms with Gasteiger partial charge in [0.1, 0.15) is 5.52 Å². The highest BCUT2D eigenvalue weighted by Crippen LogP contribution is 2.33. The molecule has 1 amide bonds. The third-order valence-corrected chi connectivity index (χ3v) is 7.77. The van der Waals surface area contributed by atoms with E-state index in [1.54, 1.807) is 23.1 Å². The second-order valence-corrected chi connectivity index (χ2v) is 9.90. The second-order valence-electron chi connectivity index (χ2n) is 7.68. The zero-order valence-electron chi connectivity index (χ0n) is 17.8. The van der Waals surface area contributed by atoms with Gasteiger partial charge in [-0.25, -0.2) is 9.67 Å². The third kappa shape index (κ3) is 4.49. The van der Waals surface area contributed by atoms with E-state index in [1.165, 1.54) is 7.11 Å². The van der Waals surface area contributed by atoms with Gasteiger partial charge in [0.05, 0.1) is 40.6 Å². The average molecular weight is 480 g/mol. The summed E-state index contributed by atoms with van der Waals surface area (Å²) in [6.07, 6.45) is 4.90. The first-order chi connectivity index (χ1) is 16.1. The Morgan fingerprint density at radius 3 is 2.82 bits per heavy atom. The molecule has 5 rings (SSSR count). The molecule has 2 aromatic heterocycles. The van der Waals surface area contributed by atoms with Crippen LogP contribution in [0.2, 0.25) is 0 Å². The molecule has 8 nitrogen and oxygen atoms in total. The molecule has 0 spiro atoms. The van der Waals surface area contributed by atoms with Crippen LogP contribution in [0, 0.1) is 11.8 Å². The Balaban J connectivity index is 1.28. The topological polar surface area (TPSA) is 99.0 Å². The zero-order chi connectivity index (χ0) is 22.8. The van der Waals surface area contributed by atoms with Crippen molar-refractivity contribution in [3.63, 3.8) is 0 Å². The molecule has 0 saturated carbocycles. The van der Waals surface area contributed by atoms with Gasteiger partial charge in [-0.2, -0.15) is 0 Å². The number of carbonyl (C=O) groups is 2. The summed E-state index contributed by atoms with van der Waals surface area (Å²) < 4.78 is 8.63. The van der Waals surface area contributed by atoms with E-state index in [2.05, 4.69) is 20.6 Å². The van der Waals surface area contributed by atoms with Gasteiger partial charge in [0.25, 0.3) is 0 Å². The van der Waals surface area contributed by atoms with Crippen LogP contribution in [-0.2, 0) is 20.2 Å². The summed E-state index contributed by atoms with van der Waals surface area (Å²) in [7, 11) is 1.36. The van der Waals surface area contributed by atoms with Gasteiger partial charge in [-0.05, 0) is 43.2 Å². The molecule has 0 fully saturated rings. The van der Waals surface area contributed by atoms with Crippen LogP contribution in [0.4, 0.5) is 5.69 Å². The number of allylic oxidation sites excluding steroid dienone is 2. The number of methoxy groups -OCH3 is 1. The molecule has 2 aromatic carbocycles. The van der Waals surface area contributed by atoms with Crippen molar-refractivity contribution in [2.24, 2.45) is 11.8 Å². The van der Waals surface area contributed by atoms with E-state index in [-0.39, 0.29) is 11.9 Å². The highest BCUT2D eigenvalue weighted by Gasteiger charge is 2.34. The maximum Gasteiger partial charge on any atom is 0.309 e. The molecule has 2 unspecified atom stereocenters. The van der Waals surface area contributed by atoms with Crippen molar-refractivity contribution in [2.45, 2.75) is 23.1 Å². The number of fused-ring (bicyclic) bond motifs is 2. The zero-order valence-corrected chi connectivity index (χ0v) is 19.4. The Morgan fingerprint density at radius 2 is 1.97 bits per heavy atom. The highest BCUT2D eigenvalue weighted by molar-refractivity contribution is 8.00. The number of thiazole rings is 1. The lowest BCUT2D eigenvalue weighted by atomic mass is 9.82. The number of hydrogen-bond donors (Lipinski definition) is 1. The standard InChI is InChI=1S/C23H21N5O3S2/c1-31-22(30)16-7-3-2-6-15(16)21(29)24-14-10-11-18-20(12-14)33-23(25-18)32-13-28-19-9-5-4-8-17(19)26-27-28/h2-5,8-12,15-16H,6-7,13H2,1H3,(H,24,29). The Labute approximate surface area is 198 Å². The van der Waals surface area contributed by atoms with E-state index >= 15 is 0 Å². The normalized spacial score (nSPS) is 18.0. The van der Waals surface area contributed by atoms with E-state index in [1.807, 2.05) is 59.3 Å². The number of nitrogens with one attached hydrogen (secondary N) is 1. The van der Waals surface area contributed by atoms with Crippen LogP contribution >= 0.6 is 23.1 Å². The van der Waals surface area contributed by atoms with Crippen LogP contribution in [0.3, 0.4) is 0 Å². The molecule has 2 heterocycles. The molecule has 10 heteroatoms. The van der Waals surface area contributed by atoms with Gasteiger partial charge in [0.2, 0.25) is 5.91 Å². The number of hydrogen-bond acceptors (Lipinski definition) is 8. The van der Waals surface area contributed by atoms with Gasteiger partial charge in [0, 0.05) is 5.69 Å². The van der Waals surface area contributed by atoms with Gasteiger partial charge in [-0.15, -0.1) is 16.4 Å². The second kappa shape index (κ2) is 9.32. The predicted molar refractivity (Wildman–Crippen MR) is 129 cm³/mol. The lowest BCUT2D eigenvalue weighted by molar-refractivity contribution is -0.149. The first-order valence-electron chi connectivity index (χ1n) is 10.5. The molecule has 0 aliphatic heterocycles. The summed E-state index contributed by atoms with van der Waals surface area (Å²) in [5.74, 6) is -0.814. The van der Waals surface area contributed by atoms with E-state index in [0.717, 1.165) is 25.6 Å². The molecular weight excluding hydrogens is 458 g/mol. The summed E-state index contributed by atoms with van der Waals surface area (Å²) in [6.45, 7) is 0. The van der Waals surface area contributed by atoms with Crippen LogP contribution in [-0.4, -0.2) is 39.0 Å². The first-order valence-corrected chi connectivity index (χ1v) is 12.3. The SMILES string of the molecule is COC(=O)C1CC=CCC1C(=O)Nc1ccc2nc(SCn3nnc4ccccc43)sc2c1. The number of amides is 1. The van der Waals surface area contributed by atoms with Gasteiger partial charge in [-0.1, -0.05) is 41.3 Å². The molecule has 168 valence electrons. The Kier molecular flexibility index (Phi) is 6.10. The molecule has 1 N–H and O–H groups in total. The van der Waals surface area contributed by atoms with Crippen LogP contribution < -0.4 is 5.32 Å². The average Bonchev–Trinajstić information content (AvgIpc) is 3.45. The lowest BCUT2D eigenvalue weighted by Gasteiger charge is -2.25. The van der Waals surface area contributed by atoms with Crippen molar-refractivity contribution in [3.05, 3.63) is 54.6 Å². The quantitative estimate of drug-likeness (QED) is 0.247. The van der Waals surface area contributed by atoms with Crippen LogP contribution in [0.15, 0.2) is 59.0 Å². The number of rotatable bonds is 6. The fourth-order valence-electron chi connectivity index (χ4n) is 3.92. The van der Waals surface area contributed by atoms with E-state index in [9.17, 15) is 9.59 Å². The first kappa shape index (κ1) is 21.6. The molecule has 0 radical (unpaired) electrons. The Morgan fingerprint density at radius 1 is 1.15 bits per heavy atom. The summed E-state index contributed by atoms with van der Waals surface area (Å²) in [4.78, 5) is 29.7. The van der Waals surface area contributed by atoms with Crippen molar-refractivity contribution >= 4 is 61.9 Å². The smallest absolute Gasteiger partial charge is 0.309 e. The maximum atomic E-state index is 12.9. The minimum absolute atomic E-state index is 0.175. The number of aromatic nitrogens is 4. The number of carbonyl (C=O) groups excluding carboxylic acids is 2. The minimum Gasteiger partial charge on any atom is -0.469 e. The molecule has 33 heavy (non-hydrogen) atoms. The largest absolute Gasteiger partial charge is 0.469 e. The summed E-state index contributed by atoms with van der Waals surface area (Å²) in [5.41, 5.74) is 3.41. The van der Waals surface area contributed by atoms with Gasteiger partial charge in [0.15, 0.2) is 4.34 Å². The summed E-state index contributed by atoms with van der Waals surface area (Å²) in [5, 5.41) is 11.4. The van der Waals surface area contributed by atoms with Gasteiger partial charge in [-0.3, -0.25) is 9.59 Å². The number of thioether (sulfide) groups is 1. The fraction of sp³-hybridized carbons (Fsp3) is 0.261. The number of benzene rings is 2. The fourth-order valence-corrected chi connectivity index (χ4v) is 5.91. The number of esters is 1. The van der Waals surface area contributed by atoms with Gasteiger partial charge < -0.3 is 10.1 Å². The molecule has 2 atom stereocenters. The van der Waals surface area contributed by atoms with Crippen molar-refractivity contribution in [2.75, 3.05) is 12.4 Å². The molecule has 0 saturated heterocycles. The molecule has 0 bridgehead atoms. The van der Waals surface area contributed by atoms with E-state index in [0.29, 0.717) is 24.4 Å². The maximum absolute atomic E-state index is 12.9. The molecule has 4 aromatic rings. The summed E-state index contributed by atoms with van der Waals surface area (Å²) in [6, 6.07) is 13.5.